The van der Waals surface area contributed by atoms with Gasteiger partial charge in [0.2, 0.25) is 0 Å². The number of hydrogen-bond acceptors (Lipinski definition) is 2. The van der Waals surface area contributed by atoms with E-state index in [-0.39, 0.29) is 0 Å². The summed E-state index contributed by atoms with van der Waals surface area (Å²) >= 11 is 6.99. The lowest BCUT2D eigenvalue weighted by molar-refractivity contribution is 1.22. The van der Waals surface area contributed by atoms with Gasteiger partial charge in [0.1, 0.15) is 0 Å². The molecule has 0 bridgehead atoms. The fourth-order valence-electron chi connectivity index (χ4n) is 2.98. The molecule has 2 nitrogen and oxygen atoms in total. The lowest BCUT2D eigenvalue weighted by atomic mass is 9.95. The van der Waals surface area contributed by atoms with Crippen LogP contribution in [0.1, 0.15) is 23.1 Å². The molecule has 0 fully saturated rings. The highest BCUT2D eigenvalue weighted by atomic mass is 79.9. The molecule has 132 valence electrons. The molecular weight excluding hydrogens is 464 g/mol. The van der Waals surface area contributed by atoms with E-state index >= 15 is 0 Å². The van der Waals surface area contributed by atoms with Crippen LogP contribution in [0.5, 0.6) is 0 Å². The van der Waals surface area contributed by atoms with E-state index in [0.717, 1.165) is 37.9 Å². The average Bonchev–Trinajstić information content (AvgIpc) is 2.93. The van der Waals surface area contributed by atoms with Crippen LogP contribution in [-0.2, 0) is 0 Å². The molecule has 4 rings (SSSR count). The third kappa shape index (κ3) is 4.34. The Kier molecular flexibility index (Phi) is 5.46. The van der Waals surface area contributed by atoms with E-state index in [1.807, 2.05) is 30.3 Å². The molecule has 0 amide bonds. The van der Waals surface area contributed by atoms with Gasteiger partial charge in [0.25, 0.3) is 0 Å². The number of hydrogen-bond donors (Lipinski definition) is 0. The Hall–Kier alpha value is -2.30. The van der Waals surface area contributed by atoms with Crippen molar-refractivity contribution in [3.8, 4) is 0 Å². The minimum absolute atomic E-state index is 0.731. The van der Waals surface area contributed by atoms with Crippen molar-refractivity contribution in [1.29, 1.82) is 0 Å². The summed E-state index contributed by atoms with van der Waals surface area (Å²) in [5, 5.41) is 9.18. The molecule has 1 aliphatic heterocycles. The Labute approximate surface area is 175 Å². The summed E-state index contributed by atoms with van der Waals surface area (Å²) in [4.78, 5) is 0. The molecule has 0 aliphatic carbocycles. The van der Waals surface area contributed by atoms with Crippen molar-refractivity contribution in [3.63, 3.8) is 0 Å². The van der Waals surface area contributed by atoms with E-state index < -0.39 is 0 Å². The summed E-state index contributed by atoms with van der Waals surface area (Å²) in [7, 11) is 0. The molecule has 1 aliphatic rings. The molecule has 3 aromatic carbocycles. The summed E-state index contributed by atoms with van der Waals surface area (Å²) in [5.41, 5.74) is 6.36. The van der Waals surface area contributed by atoms with Crippen LogP contribution in [-0.4, -0.2) is 11.4 Å². The highest BCUT2D eigenvalue weighted by molar-refractivity contribution is 9.10. The van der Waals surface area contributed by atoms with E-state index in [4.69, 9.17) is 0 Å². The van der Waals surface area contributed by atoms with Crippen molar-refractivity contribution in [2.45, 2.75) is 6.42 Å². The molecule has 0 saturated carbocycles. The Morgan fingerprint density at radius 1 is 0.593 bits per heavy atom. The summed E-state index contributed by atoms with van der Waals surface area (Å²) in [6.45, 7) is 0. The molecule has 3 aromatic rings. The minimum Gasteiger partial charge on any atom is -0.154 e. The summed E-state index contributed by atoms with van der Waals surface area (Å²) in [5.74, 6) is 0. The normalized spacial score (nSPS) is 14.1. The van der Waals surface area contributed by atoms with Gasteiger partial charge in [-0.15, -0.1) is 0 Å². The van der Waals surface area contributed by atoms with Gasteiger partial charge in [0.15, 0.2) is 0 Å². The van der Waals surface area contributed by atoms with Crippen LogP contribution in [0.4, 0.5) is 0 Å². The van der Waals surface area contributed by atoms with Crippen molar-refractivity contribution in [1.82, 2.24) is 0 Å². The highest BCUT2D eigenvalue weighted by Crippen LogP contribution is 2.26. The number of benzene rings is 3. The lowest BCUT2D eigenvalue weighted by Gasteiger charge is -2.09. The molecule has 4 heteroatoms. The minimum atomic E-state index is 0.731. The van der Waals surface area contributed by atoms with Crippen LogP contribution in [0.3, 0.4) is 0 Å². The van der Waals surface area contributed by atoms with E-state index in [9.17, 15) is 0 Å². The lowest BCUT2D eigenvalue weighted by Crippen LogP contribution is -2.01. The van der Waals surface area contributed by atoms with Gasteiger partial charge in [-0.3, -0.25) is 0 Å². The molecule has 0 saturated heterocycles. The fraction of sp³-hybridized carbons (Fsp3) is 0.0435. The van der Waals surface area contributed by atoms with Crippen LogP contribution in [0.2, 0.25) is 0 Å². The number of rotatable bonds is 3. The third-order valence-electron chi connectivity index (χ3n) is 4.41. The smallest absolute Gasteiger partial charge is 0.0932 e. The van der Waals surface area contributed by atoms with Crippen molar-refractivity contribution >= 4 is 48.9 Å². The zero-order chi connectivity index (χ0) is 18.6. The molecule has 0 spiro atoms. The molecule has 0 aromatic heterocycles. The fourth-order valence-corrected chi connectivity index (χ4v) is 3.50. The van der Waals surface area contributed by atoms with Crippen LogP contribution >= 0.6 is 31.9 Å². The third-order valence-corrected chi connectivity index (χ3v) is 5.47. The Morgan fingerprint density at radius 3 is 1.81 bits per heavy atom. The van der Waals surface area contributed by atoms with Crippen LogP contribution in [0.25, 0.3) is 5.57 Å². The van der Waals surface area contributed by atoms with E-state index in [1.54, 1.807) is 0 Å². The zero-order valence-electron chi connectivity index (χ0n) is 14.4. The Bertz CT molecular complexity index is 1030. The predicted octanol–water partition coefficient (Wildman–Crippen LogP) is 6.89. The number of nitrogens with zero attached hydrogens (tertiary/aromatic N) is 2. The van der Waals surface area contributed by atoms with E-state index in [2.05, 4.69) is 96.7 Å². The van der Waals surface area contributed by atoms with Crippen molar-refractivity contribution in [3.05, 3.63) is 111 Å². The van der Waals surface area contributed by atoms with Gasteiger partial charge in [-0.2, -0.15) is 10.2 Å². The zero-order valence-corrected chi connectivity index (χ0v) is 17.6. The second kappa shape index (κ2) is 8.15. The van der Waals surface area contributed by atoms with Crippen molar-refractivity contribution in [2.24, 2.45) is 10.2 Å². The number of halogens is 2. The molecule has 0 unspecified atom stereocenters. The van der Waals surface area contributed by atoms with Gasteiger partial charge >= 0.3 is 0 Å². The predicted molar refractivity (Wildman–Crippen MR) is 120 cm³/mol. The second-order valence-electron chi connectivity index (χ2n) is 6.26. The Balaban J connectivity index is 1.81. The molecule has 27 heavy (non-hydrogen) atoms. The maximum atomic E-state index is 4.60. The average molecular weight is 480 g/mol. The summed E-state index contributed by atoms with van der Waals surface area (Å²) < 4.78 is 2.10. The van der Waals surface area contributed by atoms with Crippen LogP contribution in [0, 0.1) is 0 Å². The number of allylic oxidation sites excluding steroid dienone is 2. The van der Waals surface area contributed by atoms with Gasteiger partial charge in [0.05, 0.1) is 11.4 Å². The van der Waals surface area contributed by atoms with Crippen LogP contribution < -0.4 is 0 Å². The summed E-state index contributed by atoms with van der Waals surface area (Å²) in [6, 6.07) is 26.8. The van der Waals surface area contributed by atoms with Gasteiger partial charge in [-0.25, -0.2) is 0 Å². The maximum absolute atomic E-state index is 4.60. The second-order valence-corrected chi connectivity index (χ2v) is 8.09. The molecular formula is C23H16Br2N2. The van der Waals surface area contributed by atoms with Gasteiger partial charge < -0.3 is 0 Å². The van der Waals surface area contributed by atoms with Crippen LogP contribution in [0.15, 0.2) is 104 Å². The Morgan fingerprint density at radius 2 is 1.19 bits per heavy atom. The first-order chi connectivity index (χ1) is 13.2. The summed E-state index contributed by atoms with van der Waals surface area (Å²) in [6.07, 6.45) is 2.88. The van der Waals surface area contributed by atoms with Gasteiger partial charge in [0, 0.05) is 20.9 Å². The van der Waals surface area contributed by atoms with Crippen molar-refractivity contribution in [2.75, 3.05) is 0 Å². The molecule has 0 radical (unpaired) electrons. The largest absolute Gasteiger partial charge is 0.154 e. The highest BCUT2D eigenvalue weighted by Gasteiger charge is 2.14. The monoisotopic (exact) mass is 478 g/mol. The van der Waals surface area contributed by atoms with E-state index in [0.29, 0.717) is 0 Å². The standard InChI is InChI=1S/C23H16Br2N2/c24-20-10-6-17(7-11-20)22-14-19(16-4-2-1-3-5-16)15-23(27-26-22)18-8-12-21(25)13-9-18/h1-14H,15H2. The first-order valence-electron chi connectivity index (χ1n) is 8.61. The van der Waals surface area contributed by atoms with Gasteiger partial charge in [-0.05, 0) is 47.0 Å². The van der Waals surface area contributed by atoms with E-state index in [1.165, 1.54) is 11.1 Å². The van der Waals surface area contributed by atoms with Crippen molar-refractivity contribution < 1.29 is 0 Å². The first kappa shape index (κ1) is 18.1. The molecule has 1 heterocycles. The quantitative estimate of drug-likeness (QED) is 0.390. The topological polar surface area (TPSA) is 24.7 Å². The maximum Gasteiger partial charge on any atom is 0.0932 e. The molecule has 0 N–H and O–H groups in total. The first-order valence-corrected chi connectivity index (χ1v) is 10.2. The molecule has 0 atom stereocenters. The van der Waals surface area contributed by atoms with Gasteiger partial charge in [-0.1, -0.05) is 86.5 Å². The SMILES string of the molecule is Brc1ccc(C2=NN=C(c3ccc(Br)cc3)CC(c3ccccc3)=C2)cc1.